The van der Waals surface area contributed by atoms with Crippen LogP contribution in [0, 0.1) is 17.2 Å². The summed E-state index contributed by atoms with van der Waals surface area (Å²) >= 11 is 0. The van der Waals surface area contributed by atoms with Crippen molar-refractivity contribution in [3.63, 3.8) is 0 Å². The van der Waals surface area contributed by atoms with Crippen molar-refractivity contribution in [3.05, 3.63) is 95.1 Å². The number of carbonyl (C=O) groups is 1. The highest BCUT2D eigenvalue weighted by Crippen LogP contribution is 2.32. The summed E-state index contributed by atoms with van der Waals surface area (Å²) in [6, 6.07) is 17.4. The lowest BCUT2D eigenvalue weighted by Gasteiger charge is -2.26. The lowest BCUT2D eigenvalue weighted by Crippen LogP contribution is -2.23. The highest BCUT2D eigenvalue weighted by atomic mass is 16.5. The normalized spacial score (nSPS) is 15.9. The molecule has 3 nitrogen and oxygen atoms in total. The molecule has 0 radical (unpaired) electrons. The van der Waals surface area contributed by atoms with E-state index in [2.05, 4.69) is 69.0 Å². The Morgan fingerprint density at radius 1 is 1.05 bits per heavy atom. The van der Waals surface area contributed by atoms with Crippen molar-refractivity contribution in [2.75, 3.05) is 13.2 Å². The molecule has 1 N–H and O–H groups in total. The molecule has 0 spiro atoms. The third-order valence-corrected chi connectivity index (χ3v) is 9.03. The minimum atomic E-state index is -0.00758. The van der Waals surface area contributed by atoms with Crippen LogP contribution in [-0.2, 0) is 16.0 Å². The molecule has 2 atom stereocenters. The van der Waals surface area contributed by atoms with Gasteiger partial charge >= 0.3 is 0 Å². The Labute approximate surface area is 256 Å². The Balaban J connectivity index is 1.53. The van der Waals surface area contributed by atoms with E-state index in [1.807, 2.05) is 26.0 Å². The van der Waals surface area contributed by atoms with E-state index in [1.54, 1.807) is 0 Å². The van der Waals surface area contributed by atoms with Crippen molar-refractivity contribution < 1.29 is 9.53 Å². The largest absolute Gasteiger partial charge is 0.381 e. The van der Waals surface area contributed by atoms with Gasteiger partial charge in [-0.3, -0.25) is 4.79 Å². The summed E-state index contributed by atoms with van der Waals surface area (Å²) in [4.78, 5) is 12.9. The van der Waals surface area contributed by atoms with Crippen molar-refractivity contribution in [1.29, 1.82) is 5.41 Å². The molecular formula is C39H55NO2. The van der Waals surface area contributed by atoms with Crippen LogP contribution in [0.5, 0.6) is 0 Å². The predicted molar refractivity (Wildman–Crippen MR) is 179 cm³/mol. The van der Waals surface area contributed by atoms with E-state index >= 15 is 0 Å². The van der Waals surface area contributed by atoms with Crippen LogP contribution in [0.3, 0.4) is 0 Å². The molecule has 3 heteroatoms. The van der Waals surface area contributed by atoms with Gasteiger partial charge in [-0.2, -0.15) is 0 Å². The molecule has 3 rings (SSSR count). The van der Waals surface area contributed by atoms with Gasteiger partial charge in [-0.05, 0) is 73.6 Å². The van der Waals surface area contributed by atoms with Gasteiger partial charge in [-0.25, -0.2) is 0 Å². The molecule has 0 saturated heterocycles. The average molecular weight is 570 g/mol. The third kappa shape index (κ3) is 10.8. The predicted octanol–water partition coefficient (Wildman–Crippen LogP) is 10.4. The minimum Gasteiger partial charge on any atom is -0.381 e. The van der Waals surface area contributed by atoms with Crippen molar-refractivity contribution in [2.45, 2.75) is 110 Å². The number of rotatable bonds is 18. The van der Waals surface area contributed by atoms with E-state index < -0.39 is 0 Å². The molecule has 2 unspecified atom stereocenters. The maximum absolute atomic E-state index is 12.9. The summed E-state index contributed by atoms with van der Waals surface area (Å²) in [7, 11) is 0. The number of hydrogen-bond donors (Lipinski definition) is 1. The molecule has 42 heavy (non-hydrogen) atoms. The van der Waals surface area contributed by atoms with Gasteiger partial charge in [-0.15, -0.1) is 0 Å². The molecule has 1 aliphatic carbocycles. The van der Waals surface area contributed by atoms with Crippen molar-refractivity contribution in [3.8, 4) is 0 Å². The number of benzene rings is 2. The van der Waals surface area contributed by atoms with Crippen molar-refractivity contribution >= 4 is 11.5 Å². The smallest absolute Gasteiger partial charge is 0.136 e. The Morgan fingerprint density at radius 2 is 1.81 bits per heavy atom. The number of ether oxygens (including phenoxy) is 1. The van der Waals surface area contributed by atoms with E-state index in [1.165, 1.54) is 36.0 Å². The summed E-state index contributed by atoms with van der Waals surface area (Å²) in [5, 5.41) is 9.04. The minimum absolute atomic E-state index is 0.00479. The van der Waals surface area contributed by atoms with E-state index in [0.29, 0.717) is 31.5 Å². The van der Waals surface area contributed by atoms with Gasteiger partial charge in [0, 0.05) is 36.5 Å². The molecule has 2 aromatic carbocycles. The molecule has 0 heterocycles. The molecule has 0 bridgehead atoms. The average Bonchev–Trinajstić information content (AvgIpc) is 3.01. The van der Waals surface area contributed by atoms with Crippen LogP contribution in [0.2, 0.25) is 0 Å². The number of ketones is 1. The number of carbonyl (C=O) groups excluding carboxylic acids is 1. The second kappa shape index (κ2) is 18.0. The number of unbranched alkanes of at least 4 members (excludes halogenated alkanes) is 1. The van der Waals surface area contributed by atoms with Crippen LogP contribution in [0.15, 0.2) is 72.8 Å². The lowest BCUT2D eigenvalue weighted by atomic mass is 9.79. The zero-order chi connectivity index (χ0) is 30.3. The highest BCUT2D eigenvalue weighted by molar-refractivity contribution is 6.01. The quantitative estimate of drug-likeness (QED) is 0.110. The van der Waals surface area contributed by atoms with Crippen LogP contribution in [0.25, 0.3) is 0 Å². The van der Waals surface area contributed by atoms with E-state index in [-0.39, 0.29) is 17.6 Å². The first kappa shape index (κ1) is 33.7. The fourth-order valence-electron chi connectivity index (χ4n) is 6.10. The van der Waals surface area contributed by atoms with Gasteiger partial charge in [-0.1, -0.05) is 119 Å². The zero-order valence-electron chi connectivity index (χ0n) is 26.8. The second-order valence-corrected chi connectivity index (χ2v) is 12.8. The Hall–Kier alpha value is -2.78. The first-order chi connectivity index (χ1) is 20.3. The first-order valence-corrected chi connectivity index (χ1v) is 16.5. The number of allylic oxidation sites excluding steroid dienone is 3. The SMILES string of the molecule is C=C/C(C)=C\CCc1cccc(C(C)CCCCOCC(CC(=O)C(C)C)c2ccccc2C(=N)C2CCCCC2)c1. The van der Waals surface area contributed by atoms with Crippen LogP contribution < -0.4 is 0 Å². The number of nitrogens with one attached hydrogen (secondary N) is 1. The van der Waals surface area contributed by atoms with Crippen LogP contribution in [-0.4, -0.2) is 24.7 Å². The maximum atomic E-state index is 12.9. The zero-order valence-corrected chi connectivity index (χ0v) is 26.8. The van der Waals surface area contributed by atoms with Crippen molar-refractivity contribution in [2.24, 2.45) is 11.8 Å². The molecule has 1 fully saturated rings. The summed E-state index contributed by atoms with van der Waals surface area (Å²) in [6.45, 7) is 13.5. The van der Waals surface area contributed by atoms with Crippen LogP contribution in [0.4, 0.5) is 0 Å². The molecule has 2 aromatic rings. The molecule has 0 aliphatic heterocycles. The summed E-state index contributed by atoms with van der Waals surface area (Å²) < 4.78 is 6.26. The Morgan fingerprint density at radius 3 is 2.55 bits per heavy atom. The maximum Gasteiger partial charge on any atom is 0.136 e. The summed E-state index contributed by atoms with van der Waals surface area (Å²) in [5.41, 5.74) is 6.95. The monoisotopic (exact) mass is 569 g/mol. The number of hydrogen-bond acceptors (Lipinski definition) is 3. The Bertz CT molecular complexity index is 1170. The topological polar surface area (TPSA) is 50.2 Å². The second-order valence-electron chi connectivity index (χ2n) is 12.8. The van der Waals surface area contributed by atoms with Gasteiger partial charge < -0.3 is 10.1 Å². The van der Waals surface area contributed by atoms with Crippen LogP contribution in [0.1, 0.15) is 126 Å². The third-order valence-electron chi connectivity index (χ3n) is 9.03. The molecule has 1 saturated carbocycles. The molecule has 0 aromatic heterocycles. The standard InChI is InChI=1S/C39H55NO2/c1-6-30(4)16-14-18-32-19-15-22-34(26-32)31(5)17-12-13-25-42-28-35(27-38(41)29(2)3)36-23-10-11-24-37(36)39(40)33-20-8-7-9-21-33/h6,10-11,15-16,19,22-24,26,29,31,33,35,40H,1,7-9,12-14,17-18,20-21,25,27-28H2,2-5H3/b30-16-,40-39?. The number of aryl methyl sites for hydroxylation is 1. The van der Waals surface area contributed by atoms with E-state index in [4.69, 9.17) is 10.1 Å². The van der Waals surface area contributed by atoms with Gasteiger partial charge in [0.1, 0.15) is 5.78 Å². The van der Waals surface area contributed by atoms with Gasteiger partial charge in [0.25, 0.3) is 0 Å². The van der Waals surface area contributed by atoms with E-state index in [0.717, 1.165) is 61.8 Å². The van der Waals surface area contributed by atoms with Gasteiger partial charge in [0.05, 0.1) is 6.61 Å². The van der Waals surface area contributed by atoms with Crippen LogP contribution >= 0.6 is 0 Å². The fraction of sp³-hybridized carbons (Fsp3) is 0.538. The molecular weight excluding hydrogens is 514 g/mol. The lowest BCUT2D eigenvalue weighted by molar-refractivity contribution is -0.122. The summed E-state index contributed by atoms with van der Waals surface area (Å²) in [5.74, 6) is 1.12. The Kier molecular flexibility index (Phi) is 14.5. The highest BCUT2D eigenvalue weighted by Gasteiger charge is 2.26. The first-order valence-electron chi connectivity index (χ1n) is 16.5. The van der Waals surface area contributed by atoms with Gasteiger partial charge in [0.2, 0.25) is 0 Å². The molecule has 228 valence electrons. The van der Waals surface area contributed by atoms with Gasteiger partial charge in [0.15, 0.2) is 0 Å². The van der Waals surface area contributed by atoms with Crippen molar-refractivity contribution in [1.82, 2.24) is 0 Å². The fourth-order valence-corrected chi connectivity index (χ4v) is 6.10. The van der Waals surface area contributed by atoms with E-state index in [9.17, 15) is 4.79 Å². The summed E-state index contributed by atoms with van der Waals surface area (Å²) in [6.07, 6.45) is 15.9. The number of Topliss-reactive ketones (excluding diaryl/α,β-unsaturated/α-hetero) is 1. The molecule has 0 amide bonds. The molecule has 1 aliphatic rings.